The van der Waals surface area contributed by atoms with Crippen LogP contribution >= 0.6 is 0 Å². The molecule has 0 saturated carbocycles. The van der Waals surface area contributed by atoms with Crippen molar-refractivity contribution >= 4 is 0 Å². The van der Waals surface area contributed by atoms with Crippen LogP contribution in [0.4, 0.5) is 8.78 Å². The second kappa shape index (κ2) is 7.89. The smallest absolute Gasteiger partial charge is 0.387 e. The zero-order valence-corrected chi connectivity index (χ0v) is 11.5. The number of alkyl halides is 2. The third-order valence-electron chi connectivity index (χ3n) is 2.95. The summed E-state index contributed by atoms with van der Waals surface area (Å²) < 4.78 is 28.5. The van der Waals surface area contributed by atoms with Crippen molar-refractivity contribution in [3.63, 3.8) is 0 Å². The van der Waals surface area contributed by atoms with Gasteiger partial charge in [0.1, 0.15) is 5.75 Å². The van der Waals surface area contributed by atoms with Gasteiger partial charge in [0.25, 0.3) is 0 Å². The van der Waals surface area contributed by atoms with Gasteiger partial charge in [-0.15, -0.1) is 0 Å². The van der Waals surface area contributed by atoms with E-state index in [0.717, 1.165) is 24.9 Å². The molecule has 1 atom stereocenters. The van der Waals surface area contributed by atoms with Gasteiger partial charge in [0.15, 0.2) is 0 Å². The van der Waals surface area contributed by atoms with Gasteiger partial charge in [-0.25, -0.2) is 0 Å². The predicted octanol–water partition coefficient (Wildman–Crippen LogP) is 4.29. The average Bonchev–Trinajstić information content (AvgIpc) is 2.38. The first kappa shape index (κ1) is 15.6. The minimum Gasteiger partial charge on any atom is -0.435 e. The lowest BCUT2D eigenvalue weighted by molar-refractivity contribution is -0.0498. The summed E-state index contributed by atoms with van der Waals surface area (Å²) in [6.07, 6.45) is 1.79. The van der Waals surface area contributed by atoms with Crippen LogP contribution in [0.25, 0.3) is 0 Å². The van der Waals surface area contributed by atoms with E-state index in [-0.39, 0.29) is 11.8 Å². The van der Waals surface area contributed by atoms with Crippen LogP contribution in [-0.2, 0) is 0 Å². The highest BCUT2D eigenvalue weighted by molar-refractivity contribution is 5.30. The van der Waals surface area contributed by atoms with Crippen LogP contribution in [0.2, 0.25) is 0 Å². The number of benzene rings is 1. The van der Waals surface area contributed by atoms with Crippen molar-refractivity contribution in [1.29, 1.82) is 0 Å². The molecule has 0 fully saturated rings. The highest BCUT2D eigenvalue weighted by Gasteiger charge is 2.12. The van der Waals surface area contributed by atoms with Gasteiger partial charge in [0.05, 0.1) is 0 Å². The first-order valence-electron chi connectivity index (χ1n) is 6.51. The Morgan fingerprint density at radius 3 is 2.37 bits per heavy atom. The molecular formula is C15H21F2NO. The van der Waals surface area contributed by atoms with Crippen molar-refractivity contribution in [3.8, 4) is 5.75 Å². The molecule has 1 unspecified atom stereocenters. The highest BCUT2D eigenvalue weighted by atomic mass is 19.3. The maximum atomic E-state index is 12.1. The number of halogens is 2. The largest absolute Gasteiger partial charge is 0.435 e. The molecule has 1 rings (SSSR count). The van der Waals surface area contributed by atoms with Gasteiger partial charge in [0, 0.05) is 6.04 Å². The van der Waals surface area contributed by atoms with Crippen LogP contribution < -0.4 is 10.1 Å². The van der Waals surface area contributed by atoms with Gasteiger partial charge in [0.2, 0.25) is 0 Å². The van der Waals surface area contributed by atoms with E-state index in [2.05, 4.69) is 23.6 Å². The number of rotatable bonds is 8. The molecule has 1 aromatic carbocycles. The van der Waals surface area contributed by atoms with Crippen molar-refractivity contribution in [3.05, 3.63) is 42.0 Å². The van der Waals surface area contributed by atoms with Crippen molar-refractivity contribution < 1.29 is 13.5 Å². The Balaban J connectivity index is 2.76. The van der Waals surface area contributed by atoms with Gasteiger partial charge in [-0.1, -0.05) is 38.1 Å². The minimum atomic E-state index is -2.78. The normalized spacial score (nSPS) is 12.5. The Labute approximate surface area is 113 Å². The third-order valence-corrected chi connectivity index (χ3v) is 2.95. The summed E-state index contributed by atoms with van der Waals surface area (Å²) in [6, 6.07) is 6.93. The van der Waals surface area contributed by atoms with Crippen LogP contribution in [0.3, 0.4) is 0 Å². The second-order valence-electron chi connectivity index (χ2n) is 4.37. The summed E-state index contributed by atoms with van der Waals surface area (Å²) in [7, 11) is 0. The summed E-state index contributed by atoms with van der Waals surface area (Å²) in [5.74, 6) is 0.184. The Bertz CT molecular complexity index is 390. The molecule has 19 heavy (non-hydrogen) atoms. The van der Waals surface area contributed by atoms with E-state index in [1.54, 1.807) is 12.1 Å². The zero-order chi connectivity index (χ0) is 14.3. The summed E-state index contributed by atoms with van der Waals surface area (Å²) >= 11 is 0. The molecule has 0 radical (unpaired) electrons. The van der Waals surface area contributed by atoms with Crippen molar-refractivity contribution in [1.82, 2.24) is 5.32 Å². The molecule has 4 heteroatoms. The van der Waals surface area contributed by atoms with E-state index in [4.69, 9.17) is 0 Å². The molecule has 1 N–H and O–H groups in total. The molecule has 0 spiro atoms. The van der Waals surface area contributed by atoms with Crippen LogP contribution in [0, 0.1) is 0 Å². The summed E-state index contributed by atoms with van der Waals surface area (Å²) in [6.45, 7) is 6.19. The van der Waals surface area contributed by atoms with Crippen LogP contribution in [0.15, 0.2) is 36.4 Å². The SMILES string of the molecule is C=C(CC)CC(NCC)c1ccc(OC(F)F)cc1. The maximum Gasteiger partial charge on any atom is 0.387 e. The molecule has 0 saturated heterocycles. The van der Waals surface area contributed by atoms with Crippen molar-refractivity contribution in [2.75, 3.05) is 6.54 Å². The first-order valence-corrected chi connectivity index (χ1v) is 6.51. The molecule has 0 aromatic heterocycles. The van der Waals surface area contributed by atoms with Gasteiger partial charge >= 0.3 is 6.61 Å². The first-order chi connectivity index (χ1) is 9.06. The molecule has 0 aliphatic heterocycles. The fourth-order valence-corrected chi connectivity index (χ4v) is 1.87. The van der Waals surface area contributed by atoms with E-state index < -0.39 is 6.61 Å². The quantitative estimate of drug-likeness (QED) is 0.711. The monoisotopic (exact) mass is 269 g/mol. The van der Waals surface area contributed by atoms with Gasteiger partial charge < -0.3 is 10.1 Å². The third kappa shape index (κ3) is 5.39. The van der Waals surface area contributed by atoms with E-state index in [1.165, 1.54) is 5.57 Å². The van der Waals surface area contributed by atoms with Gasteiger partial charge in [-0.3, -0.25) is 0 Å². The van der Waals surface area contributed by atoms with Gasteiger partial charge in [-0.2, -0.15) is 8.78 Å². The summed E-state index contributed by atoms with van der Waals surface area (Å²) in [5.41, 5.74) is 2.22. The van der Waals surface area contributed by atoms with Crippen LogP contribution in [0.1, 0.15) is 38.3 Å². The van der Waals surface area contributed by atoms with Crippen LogP contribution in [-0.4, -0.2) is 13.2 Å². The molecule has 0 aliphatic carbocycles. The molecule has 2 nitrogen and oxygen atoms in total. The molecule has 0 amide bonds. The highest BCUT2D eigenvalue weighted by Crippen LogP contribution is 2.24. The zero-order valence-electron chi connectivity index (χ0n) is 11.5. The average molecular weight is 269 g/mol. The molecular weight excluding hydrogens is 248 g/mol. The molecule has 0 bridgehead atoms. The molecule has 0 heterocycles. The van der Waals surface area contributed by atoms with E-state index in [9.17, 15) is 8.78 Å². The van der Waals surface area contributed by atoms with Crippen LogP contribution in [0.5, 0.6) is 5.75 Å². The summed E-state index contributed by atoms with van der Waals surface area (Å²) in [4.78, 5) is 0. The van der Waals surface area contributed by atoms with E-state index in [0.29, 0.717) is 0 Å². The van der Waals surface area contributed by atoms with E-state index in [1.807, 2.05) is 19.1 Å². The maximum absolute atomic E-state index is 12.1. The number of hydrogen-bond donors (Lipinski definition) is 1. The second-order valence-corrected chi connectivity index (χ2v) is 4.37. The fourth-order valence-electron chi connectivity index (χ4n) is 1.87. The standard InChI is InChI=1S/C15H21F2NO/c1-4-11(3)10-14(18-5-2)12-6-8-13(9-7-12)19-15(16)17/h6-9,14-15,18H,3-5,10H2,1-2H3. The lowest BCUT2D eigenvalue weighted by Gasteiger charge is -2.19. The Morgan fingerprint density at radius 2 is 1.89 bits per heavy atom. The summed E-state index contributed by atoms with van der Waals surface area (Å²) in [5, 5.41) is 3.37. The number of hydrogen-bond acceptors (Lipinski definition) is 2. The molecule has 0 aliphatic rings. The Kier molecular flexibility index (Phi) is 6.50. The topological polar surface area (TPSA) is 21.3 Å². The Hall–Kier alpha value is -1.42. The number of ether oxygens (including phenoxy) is 1. The fraction of sp³-hybridized carbons (Fsp3) is 0.467. The Morgan fingerprint density at radius 1 is 1.26 bits per heavy atom. The lowest BCUT2D eigenvalue weighted by atomic mass is 9.98. The van der Waals surface area contributed by atoms with Gasteiger partial charge in [-0.05, 0) is 37.1 Å². The lowest BCUT2D eigenvalue weighted by Crippen LogP contribution is -2.21. The predicted molar refractivity (Wildman–Crippen MR) is 73.5 cm³/mol. The molecule has 106 valence electrons. The number of nitrogens with one attached hydrogen (secondary N) is 1. The molecule has 1 aromatic rings. The van der Waals surface area contributed by atoms with Crippen molar-refractivity contribution in [2.24, 2.45) is 0 Å². The minimum absolute atomic E-state index is 0.165. The van der Waals surface area contributed by atoms with Crippen molar-refractivity contribution in [2.45, 2.75) is 39.3 Å². The van der Waals surface area contributed by atoms with E-state index >= 15 is 0 Å².